The average Bonchev–Trinajstić information content (AvgIpc) is 2.53. The number of aliphatic hydroxyl groups excluding tert-OH is 1. The predicted molar refractivity (Wildman–Crippen MR) is 98.6 cm³/mol. The third-order valence-corrected chi connectivity index (χ3v) is 5.00. The molecule has 0 radical (unpaired) electrons. The van der Waals surface area contributed by atoms with Crippen LogP contribution in [0.2, 0.25) is 0 Å². The highest BCUT2D eigenvalue weighted by Gasteiger charge is 2.17. The lowest BCUT2D eigenvalue weighted by atomic mass is 9.94. The SMILES string of the molecule is C[C@H]1CCCCCC/C=C\CCCCCCCCC(O)C(=O)C1. The molecule has 1 rings (SSSR count). The van der Waals surface area contributed by atoms with Gasteiger partial charge in [-0.1, -0.05) is 76.9 Å². The van der Waals surface area contributed by atoms with E-state index in [0.717, 1.165) is 19.3 Å². The molecular weight excluding hydrogens is 284 g/mol. The van der Waals surface area contributed by atoms with Crippen molar-refractivity contribution in [2.75, 3.05) is 0 Å². The first-order valence-electron chi connectivity index (χ1n) is 10.1. The molecule has 0 amide bonds. The van der Waals surface area contributed by atoms with Gasteiger partial charge in [-0.15, -0.1) is 0 Å². The molecule has 2 atom stereocenters. The van der Waals surface area contributed by atoms with Crippen LogP contribution in [0.3, 0.4) is 0 Å². The molecule has 1 aliphatic rings. The van der Waals surface area contributed by atoms with E-state index < -0.39 is 6.10 Å². The van der Waals surface area contributed by atoms with Crippen LogP contribution in [0.1, 0.15) is 103 Å². The number of allylic oxidation sites excluding steroid dienone is 2. The second-order valence-corrected chi connectivity index (χ2v) is 7.45. The molecule has 23 heavy (non-hydrogen) atoms. The Morgan fingerprint density at radius 2 is 1.26 bits per heavy atom. The average molecular weight is 323 g/mol. The van der Waals surface area contributed by atoms with Crippen LogP contribution in [0.25, 0.3) is 0 Å². The minimum atomic E-state index is -0.715. The first-order chi connectivity index (χ1) is 11.2. The monoisotopic (exact) mass is 322 g/mol. The second-order valence-electron chi connectivity index (χ2n) is 7.45. The number of hydrogen-bond donors (Lipinski definition) is 1. The van der Waals surface area contributed by atoms with E-state index >= 15 is 0 Å². The fraction of sp³-hybridized carbons (Fsp3) is 0.857. The Labute approximate surface area is 143 Å². The molecule has 0 spiro atoms. The van der Waals surface area contributed by atoms with Gasteiger partial charge in [0.15, 0.2) is 5.78 Å². The molecule has 2 nitrogen and oxygen atoms in total. The molecule has 1 N–H and O–H groups in total. The van der Waals surface area contributed by atoms with Gasteiger partial charge < -0.3 is 5.11 Å². The summed E-state index contributed by atoms with van der Waals surface area (Å²) in [4.78, 5) is 12.0. The smallest absolute Gasteiger partial charge is 0.161 e. The second kappa shape index (κ2) is 13.8. The van der Waals surface area contributed by atoms with E-state index in [-0.39, 0.29) is 5.78 Å². The van der Waals surface area contributed by atoms with Crippen molar-refractivity contribution in [3.05, 3.63) is 12.2 Å². The van der Waals surface area contributed by atoms with Crippen molar-refractivity contribution < 1.29 is 9.90 Å². The van der Waals surface area contributed by atoms with Crippen molar-refractivity contribution in [3.8, 4) is 0 Å². The van der Waals surface area contributed by atoms with Crippen LogP contribution in [0.4, 0.5) is 0 Å². The summed E-state index contributed by atoms with van der Waals surface area (Å²) in [5.41, 5.74) is 0. The highest BCUT2D eigenvalue weighted by atomic mass is 16.3. The lowest BCUT2D eigenvalue weighted by Gasteiger charge is -2.14. The van der Waals surface area contributed by atoms with E-state index in [0.29, 0.717) is 18.8 Å². The van der Waals surface area contributed by atoms with E-state index in [1.165, 1.54) is 64.2 Å². The van der Waals surface area contributed by atoms with Gasteiger partial charge in [-0.25, -0.2) is 0 Å². The first-order valence-corrected chi connectivity index (χ1v) is 10.1. The van der Waals surface area contributed by atoms with Crippen molar-refractivity contribution in [2.45, 2.75) is 109 Å². The van der Waals surface area contributed by atoms with E-state index in [2.05, 4.69) is 19.1 Å². The Balaban J connectivity index is 2.32. The lowest BCUT2D eigenvalue weighted by Crippen LogP contribution is -2.22. The van der Waals surface area contributed by atoms with Crippen molar-refractivity contribution in [1.82, 2.24) is 0 Å². The molecular formula is C21H38O2. The summed E-state index contributed by atoms with van der Waals surface area (Å²) >= 11 is 0. The van der Waals surface area contributed by atoms with Gasteiger partial charge >= 0.3 is 0 Å². The maximum atomic E-state index is 12.0. The molecule has 0 saturated carbocycles. The molecule has 0 bridgehead atoms. The maximum Gasteiger partial charge on any atom is 0.161 e. The van der Waals surface area contributed by atoms with E-state index in [1.54, 1.807) is 0 Å². The van der Waals surface area contributed by atoms with Crippen LogP contribution in [-0.2, 0) is 4.79 Å². The highest BCUT2D eigenvalue weighted by Crippen LogP contribution is 2.18. The number of aliphatic hydroxyl groups is 1. The molecule has 1 aliphatic carbocycles. The number of hydrogen-bond acceptors (Lipinski definition) is 2. The van der Waals surface area contributed by atoms with Gasteiger partial charge in [0.25, 0.3) is 0 Å². The summed E-state index contributed by atoms with van der Waals surface area (Å²) in [5.74, 6) is 0.486. The zero-order chi connectivity index (χ0) is 16.8. The fourth-order valence-electron chi connectivity index (χ4n) is 3.39. The van der Waals surface area contributed by atoms with E-state index in [1.807, 2.05) is 0 Å². The Morgan fingerprint density at radius 1 is 0.783 bits per heavy atom. The Hall–Kier alpha value is -0.630. The summed E-state index contributed by atoms with van der Waals surface area (Å²) < 4.78 is 0. The summed E-state index contributed by atoms with van der Waals surface area (Å²) in [7, 11) is 0. The Morgan fingerprint density at radius 3 is 1.87 bits per heavy atom. The molecule has 2 heteroatoms. The minimum absolute atomic E-state index is 0.0667. The first kappa shape index (κ1) is 20.4. The Kier molecular flexibility index (Phi) is 12.2. The van der Waals surface area contributed by atoms with Crippen molar-refractivity contribution in [1.29, 1.82) is 0 Å². The van der Waals surface area contributed by atoms with Gasteiger partial charge in [-0.05, 0) is 38.0 Å². The van der Waals surface area contributed by atoms with Crippen LogP contribution in [0.15, 0.2) is 12.2 Å². The molecule has 0 saturated heterocycles. The van der Waals surface area contributed by atoms with Crippen LogP contribution in [-0.4, -0.2) is 17.0 Å². The molecule has 0 aromatic rings. The molecule has 1 unspecified atom stereocenters. The molecule has 0 aliphatic heterocycles. The maximum absolute atomic E-state index is 12.0. The molecule has 0 heterocycles. The Bertz CT molecular complexity index is 322. The lowest BCUT2D eigenvalue weighted by molar-refractivity contribution is -0.128. The number of carbonyl (C=O) groups is 1. The third kappa shape index (κ3) is 11.5. The van der Waals surface area contributed by atoms with Crippen molar-refractivity contribution in [2.24, 2.45) is 5.92 Å². The number of Topliss-reactive ketones (excluding diaryl/α,β-unsaturated/α-hetero) is 1. The normalized spacial score (nSPS) is 29.7. The van der Waals surface area contributed by atoms with Gasteiger partial charge in [0.2, 0.25) is 0 Å². The molecule has 134 valence electrons. The summed E-state index contributed by atoms with van der Waals surface area (Å²) in [5, 5.41) is 10.00. The van der Waals surface area contributed by atoms with Crippen molar-refractivity contribution >= 4 is 5.78 Å². The molecule has 0 fully saturated rings. The van der Waals surface area contributed by atoms with Crippen LogP contribution in [0.5, 0.6) is 0 Å². The third-order valence-electron chi connectivity index (χ3n) is 5.00. The van der Waals surface area contributed by atoms with E-state index in [4.69, 9.17) is 0 Å². The van der Waals surface area contributed by atoms with Gasteiger partial charge in [0.1, 0.15) is 6.10 Å². The molecule has 0 aromatic carbocycles. The number of rotatable bonds is 0. The summed E-state index contributed by atoms with van der Waals surface area (Å²) in [6.07, 6.45) is 21.2. The van der Waals surface area contributed by atoms with Gasteiger partial charge in [-0.2, -0.15) is 0 Å². The van der Waals surface area contributed by atoms with E-state index in [9.17, 15) is 9.90 Å². The predicted octanol–water partition coefficient (Wildman–Crippen LogP) is 5.97. The standard InChI is InChI=1S/C21H38O2/c1-19-16-14-12-10-8-6-4-2-3-5-7-9-11-13-15-17-20(22)21(23)18-19/h2,4,19-20,22H,3,5-18H2,1H3/b4-2-/t19-,20?/m0/s1. The van der Waals surface area contributed by atoms with Gasteiger partial charge in [-0.3, -0.25) is 4.79 Å². The minimum Gasteiger partial charge on any atom is -0.385 e. The van der Waals surface area contributed by atoms with Gasteiger partial charge in [0, 0.05) is 6.42 Å². The fourth-order valence-corrected chi connectivity index (χ4v) is 3.39. The van der Waals surface area contributed by atoms with Crippen LogP contribution >= 0.6 is 0 Å². The van der Waals surface area contributed by atoms with Gasteiger partial charge in [0.05, 0.1) is 0 Å². The zero-order valence-corrected chi connectivity index (χ0v) is 15.3. The van der Waals surface area contributed by atoms with Crippen LogP contribution in [0, 0.1) is 5.92 Å². The molecule has 0 aromatic heterocycles. The largest absolute Gasteiger partial charge is 0.385 e. The number of carbonyl (C=O) groups excluding carboxylic acids is 1. The zero-order valence-electron chi connectivity index (χ0n) is 15.3. The summed E-state index contributed by atoms with van der Waals surface area (Å²) in [6.45, 7) is 2.15. The number of ketones is 1. The summed E-state index contributed by atoms with van der Waals surface area (Å²) in [6, 6.07) is 0. The quantitative estimate of drug-likeness (QED) is 0.557. The van der Waals surface area contributed by atoms with Crippen molar-refractivity contribution in [3.63, 3.8) is 0 Å². The topological polar surface area (TPSA) is 37.3 Å². The van der Waals surface area contributed by atoms with Crippen LogP contribution < -0.4 is 0 Å². The highest BCUT2D eigenvalue weighted by molar-refractivity contribution is 5.82.